The van der Waals surface area contributed by atoms with Crippen molar-refractivity contribution in [1.29, 1.82) is 0 Å². The molecule has 1 unspecified atom stereocenters. The molecular formula is C22H21N3O2S. The fourth-order valence-corrected chi connectivity index (χ4v) is 4.16. The third kappa shape index (κ3) is 4.02. The predicted molar refractivity (Wildman–Crippen MR) is 115 cm³/mol. The van der Waals surface area contributed by atoms with Crippen LogP contribution in [-0.2, 0) is 16.0 Å². The van der Waals surface area contributed by atoms with Crippen LogP contribution in [0.5, 0.6) is 0 Å². The molecule has 0 bridgehead atoms. The number of pyridine rings is 1. The number of benzene rings is 2. The molecular weight excluding hydrogens is 370 g/mol. The number of rotatable bonds is 4. The van der Waals surface area contributed by atoms with Gasteiger partial charge in [0.1, 0.15) is 0 Å². The van der Waals surface area contributed by atoms with Crippen LogP contribution in [0.1, 0.15) is 17.5 Å². The number of aryl methyl sites for hydroxylation is 2. The van der Waals surface area contributed by atoms with Crippen molar-refractivity contribution in [2.75, 3.05) is 16.4 Å². The summed E-state index contributed by atoms with van der Waals surface area (Å²) in [5.74, 6) is -0.121. The zero-order valence-corrected chi connectivity index (χ0v) is 16.4. The molecule has 1 aromatic heterocycles. The third-order valence-electron chi connectivity index (χ3n) is 4.83. The molecule has 4 rings (SSSR count). The zero-order valence-electron chi connectivity index (χ0n) is 15.6. The fourth-order valence-electron chi connectivity index (χ4n) is 3.44. The Balaban J connectivity index is 1.35. The molecule has 1 atom stereocenters. The van der Waals surface area contributed by atoms with E-state index in [9.17, 15) is 9.59 Å². The van der Waals surface area contributed by atoms with Gasteiger partial charge < -0.3 is 10.6 Å². The predicted octanol–water partition coefficient (Wildman–Crippen LogP) is 4.17. The summed E-state index contributed by atoms with van der Waals surface area (Å²) < 4.78 is 0. The highest BCUT2D eigenvalue weighted by molar-refractivity contribution is 8.14. The summed E-state index contributed by atoms with van der Waals surface area (Å²) in [4.78, 5) is 29.2. The van der Waals surface area contributed by atoms with Crippen LogP contribution in [-0.4, -0.2) is 27.8 Å². The van der Waals surface area contributed by atoms with E-state index in [0.29, 0.717) is 5.69 Å². The molecule has 0 fully saturated rings. The van der Waals surface area contributed by atoms with E-state index in [0.717, 1.165) is 41.2 Å². The Kier molecular flexibility index (Phi) is 5.30. The molecule has 0 radical (unpaired) electrons. The van der Waals surface area contributed by atoms with E-state index in [1.165, 1.54) is 11.1 Å². The quantitative estimate of drug-likeness (QED) is 0.698. The molecule has 6 heteroatoms. The van der Waals surface area contributed by atoms with Gasteiger partial charge in [0.05, 0.1) is 23.0 Å². The van der Waals surface area contributed by atoms with Gasteiger partial charge in [-0.2, -0.15) is 0 Å². The van der Waals surface area contributed by atoms with Gasteiger partial charge >= 0.3 is 0 Å². The largest absolute Gasteiger partial charge is 0.374 e. The van der Waals surface area contributed by atoms with E-state index in [2.05, 4.69) is 28.6 Å². The van der Waals surface area contributed by atoms with Crippen LogP contribution in [0, 0.1) is 6.92 Å². The average molecular weight is 391 g/mol. The number of amides is 1. The number of nitrogens with zero attached hydrogens (tertiary/aromatic N) is 1. The average Bonchev–Trinajstić information content (AvgIpc) is 2.72. The monoisotopic (exact) mass is 391 g/mol. The Morgan fingerprint density at radius 1 is 1.21 bits per heavy atom. The van der Waals surface area contributed by atoms with Crippen LogP contribution in [0.15, 0.2) is 54.7 Å². The standard InChI is InChI=1S/C22H21N3O2S/c1-14-7-9-17-16(12-14)8-10-19(24-17)22(27)28-13-20(26)25-18-6-2-4-15-5-3-11-23-21(15)18/h2-7,9,11-12,19,24H,8,10,13H2,1H3,(H,25,26). The van der Waals surface area contributed by atoms with Crippen LogP contribution in [0.25, 0.3) is 10.9 Å². The number of para-hydroxylation sites is 1. The van der Waals surface area contributed by atoms with Gasteiger partial charge in [0.2, 0.25) is 11.0 Å². The lowest BCUT2D eigenvalue weighted by Crippen LogP contribution is -2.32. The van der Waals surface area contributed by atoms with Crippen LogP contribution in [0.4, 0.5) is 11.4 Å². The van der Waals surface area contributed by atoms with E-state index in [4.69, 9.17) is 0 Å². The normalized spacial score (nSPS) is 15.5. The molecule has 0 spiro atoms. The number of carbonyl (C=O) groups excluding carboxylic acids is 2. The number of fused-ring (bicyclic) bond motifs is 2. The summed E-state index contributed by atoms with van der Waals surface area (Å²) in [6.45, 7) is 2.07. The fraction of sp³-hybridized carbons (Fsp3) is 0.227. The summed E-state index contributed by atoms with van der Waals surface area (Å²) in [5, 5.41) is 7.14. The summed E-state index contributed by atoms with van der Waals surface area (Å²) in [6, 6.07) is 15.4. The molecule has 2 N–H and O–H groups in total. The number of anilines is 2. The van der Waals surface area contributed by atoms with Crippen molar-refractivity contribution in [3.63, 3.8) is 0 Å². The van der Waals surface area contributed by atoms with Crippen molar-refractivity contribution in [3.8, 4) is 0 Å². The first-order valence-corrected chi connectivity index (χ1v) is 10.2. The Morgan fingerprint density at radius 3 is 2.96 bits per heavy atom. The van der Waals surface area contributed by atoms with Crippen molar-refractivity contribution >= 4 is 45.1 Å². The van der Waals surface area contributed by atoms with E-state index in [1.807, 2.05) is 42.5 Å². The van der Waals surface area contributed by atoms with Crippen molar-refractivity contribution in [1.82, 2.24) is 4.98 Å². The van der Waals surface area contributed by atoms with Crippen molar-refractivity contribution in [2.24, 2.45) is 0 Å². The molecule has 0 saturated heterocycles. The number of hydrogen-bond donors (Lipinski definition) is 2. The van der Waals surface area contributed by atoms with Gasteiger partial charge in [-0.3, -0.25) is 14.6 Å². The molecule has 2 heterocycles. The first-order valence-electron chi connectivity index (χ1n) is 9.26. The zero-order chi connectivity index (χ0) is 19.5. The highest BCUT2D eigenvalue weighted by atomic mass is 32.2. The molecule has 0 saturated carbocycles. The van der Waals surface area contributed by atoms with Gasteiger partial charge in [-0.05, 0) is 43.5 Å². The maximum absolute atomic E-state index is 12.6. The van der Waals surface area contributed by atoms with Gasteiger partial charge in [0.15, 0.2) is 0 Å². The van der Waals surface area contributed by atoms with Crippen LogP contribution >= 0.6 is 11.8 Å². The molecule has 5 nitrogen and oxygen atoms in total. The minimum absolute atomic E-state index is 0.00239. The molecule has 3 aromatic rings. The first-order chi connectivity index (χ1) is 13.6. The summed E-state index contributed by atoms with van der Waals surface area (Å²) in [5.41, 5.74) is 4.89. The van der Waals surface area contributed by atoms with E-state index >= 15 is 0 Å². The summed E-state index contributed by atoms with van der Waals surface area (Å²) in [7, 11) is 0. The third-order valence-corrected chi connectivity index (χ3v) is 5.81. The summed E-state index contributed by atoms with van der Waals surface area (Å²) in [6.07, 6.45) is 3.32. The maximum Gasteiger partial charge on any atom is 0.234 e. The number of aromatic nitrogens is 1. The molecule has 28 heavy (non-hydrogen) atoms. The lowest BCUT2D eigenvalue weighted by molar-refractivity contribution is -0.115. The molecule has 2 aromatic carbocycles. The van der Waals surface area contributed by atoms with Crippen LogP contribution < -0.4 is 10.6 Å². The Hall–Kier alpha value is -2.86. The molecule has 1 aliphatic heterocycles. The second kappa shape index (κ2) is 8.02. The smallest absolute Gasteiger partial charge is 0.234 e. The maximum atomic E-state index is 12.6. The SMILES string of the molecule is Cc1ccc2c(c1)CCC(C(=O)SCC(=O)Nc1cccc3cccnc13)N2. The lowest BCUT2D eigenvalue weighted by Gasteiger charge is -2.26. The van der Waals surface area contributed by atoms with Gasteiger partial charge in [-0.25, -0.2) is 0 Å². The topological polar surface area (TPSA) is 71.1 Å². The highest BCUT2D eigenvalue weighted by Gasteiger charge is 2.24. The highest BCUT2D eigenvalue weighted by Crippen LogP contribution is 2.28. The van der Waals surface area contributed by atoms with Crippen molar-refractivity contribution in [3.05, 3.63) is 65.9 Å². The number of nitrogens with one attached hydrogen (secondary N) is 2. The minimum atomic E-state index is -0.257. The van der Waals surface area contributed by atoms with Crippen molar-refractivity contribution in [2.45, 2.75) is 25.8 Å². The Labute approximate surface area is 167 Å². The molecule has 1 aliphatic rings. The molecule has 1 amide bonds. The van der Waals surface area contributed by atoms with Crippen LogP contribution in [0.3, 0.4) is 0 Å². The molecule has 0 aliphatic carbocycles. The van der Waals surface area contributed by atoms with Gasteiger partial charge in [0, 0.05) is 17.3 Å². The van der Waals surface area contributed by atoms with E-state index in [1.54, 1.807) is 6.20 Å². The second-order valence-corrected chi connectivity index (χ2v) is 7.91. The van der Waals surface area contributed by atoms with Gasteiger partial charge in [0.25, 0.3) is 0 Å². The number of hydrogen-bond acceptors (Lipinski definition) is 5. The first kappa shape index (κ1) is 18.5. The van der Waals surface area contributed by atoms with Gasteiger partial charge in [-0.15, -0.1) is 0 Å². The summed E-state index contributed by atoms with van der Waals surface area (Å²) >= 11 is 1.06. The number of thioether (sulfide) groups is 1. The van der Waals surface area contributed by atoms with Crippen molar-refractivity contribution < 1.29 is 9.59 Å². The van der Waals surface area contributed by atoms with Crippen LogP contribution in [0.2, 0.25) is 0 Å². The van der Waals surface area contributed by atoms with Gasteiger partial charge in [-0.1, -0.05) is 47.7 Å². The Morgan fingerprint density at radius 2 is 2.07 bits per heavy atom. The molecule has 142 valence electrons. The number of carbonyl (C=O) groups is 2. The minimum Gasteiger partial charge on any atom is -0.374 e. The van der Waals surface area contributed by atoms with E-state index < -0.39 is 0 Å². The second-order valence-electron chi connectivity index (χ2n) is 6.93. The van der Waals surface area contributed by atoms with E-state index in [-0.39, 0.29) is 22.8 Å². The lowest BCUT2D eigenvalue weighted by atomic mass is 9.97. The Bertz CT molecular complexity index is 1050.